The molecule has 2 rings (SSSR count). The van der Waals surface area contributed by atoms with Crippen LogP contribution in [0.15, 0.2) is 24.5 Å². The number of aromatic carboxylic acids is 1. The van der Waals surface area contributed by atoms with E-state index >= 15 is 0 Å². The number of pyridine rings is 1. The summed E-state index contributed by atoms with van der Waals surface area (Å²) in [5.41, 5.74) is 1.39. The van der Waals surface area contributed by atoms with Gasteiger partial charge >= 0.3 is 12.0 Å². The quantitative estimate of drug-likeness (QED) is 0.810. The highest BCUT2D eigenvalue weighted by molar-refractivity contribution is 7.16. The topological polar surface area (TPSA) is 91.3 Å². The van der Waals surface area contributed by atoms with Crippen LogP contribution >= 0.6 is 11.3 Å². The lowest BCUT2D eigenvalue weighted by molar-refractivity contribution is 0.0697. The van der Waals surface area contributed by atoms with Crippen LogP contribution in [0.2, 0.25) is 0 Å². The zero-order valence-corrected chi connectivity index (χ0v) is 11.7. The zero-order chi connectivity index (χ0) is 14.7. The van der Waals surface area contributed by atoms with Crippen LogP contribution < -0.4 is 10.6 Å². The van der Waals surface area contributed by atoms with E-state index in [1.165, 1.54) is 11.3 Å². The van der Waals surface area contributed by atoms with Crippen molar-refractivity contribution in [1.29, 1.82) is 0 Å². The van der Waals surface area contributed by atoms with Crippen LogP contribution in [0.1, 0.15) is 20.8 Å². The van der Waals surface area contributed by atoms with Crippen LogP contribution in [-0.4, -0.2) is 22.1 Å². The third-order valence-electron chi connectivity index (χ3n) is 2.76. The molecule has 104 valence electrons. The number of carboxylic acid groups (broad SMARTS) is 1. The molecule has 0 unspecified atom stereocenters. The summed E-state index contributed by atoms with van der Waals surface area (Å²) in [5, 5.41) is 14.7. The van der Waals surface area contributed by atoms with Crippen molar-refractivity contribution in [2.75, 3.05) is 10.6 Å². The summed E-state index contributed by atoms with van der Waals surface area (Å²) < 4.78 is 0. The minimum Gasteiger partial charge on any atom is -0.478 e. The van der Waals surface area contributed by atoms with E-state index in [0.717, 1.165) is 4.88 Å². The van der Waals surface area contributed by atoms with Gasteiger partial charge in [-0.3, -0.25) is 10.3 Å². The van der Waals surface area contributed by atoms with Crippen LogP contribution in [0.3, 0.4) is 0 Å². The number of aromatic nitrogens is 1. The molecule has 0 aliphatic heterocycles. The van der Waals surface area contributed by atoms with E-state index in [1.54, 1.807) is 31.5 Å². The van der Waals surface area contributed by atoms with Crippen molar-refractivity contribution in [1.82, 2.24) is 4.98 Å². The van der Waals surface area contributed by atoms with Gasteiger partial charge in [-0.05, 0) is 31.5 Å². The molecule has 20 heavy (non-hydrogen) atoms. The molecule has 0 saturated heterocycles. The molecule has 2 amide bonds. The largest absolute Gasteiger partial charge is 0.478 e. The molecule has 2 aromatic heterocycles. The molecular weight excluding hydrogens is 278 g/mol. The van der Waals surface area contributed by atoms with Gasteiger partial charge in [0.05, 0.1) is 5.56 Å². The summed E-state index contributed by atoms with van der Waals surface area (Å²) in [6.45, 7) is 3.54. The summed E-state index contributed by atoms with van der Waals surface area (Å²) in [5.74, 6) is -1.05. The van der Waals surface area contributed by atoms with E-state index in [2.05, 4.69) is 15.6 Å². The van der Waals surface area contributed by atoms with E-state index in [0.29, 0.717) is 16.3 Å². The number of carbonyl (C=O) groups is 2. The lowest BCUT2D eigenvalue weighted by Crippen LogP contribution is -2.20. The zero-order valence-electron chi connectivity index (χ0n) is 10.9. The normalized spacial score (nSPS) is 10.1. The lowest BCUT2D eigenvalue weighted by atomic mass is 10.1. The van der Waals surface area contributed by atoms with Gasteiger partial charge in [0.15, 0.2) is 0 Å². The van der Waals surface area contributed by atoms with Crippen molar-refractivity contribution in [3.8, 4) is 0 Å². The van der Waals surface area contributed by atoms with E-state index in [-0.39, 0.29) is 5.56 Å². The Labute approximate surface area is 119 Å². The molecule has 2 heterocycles. The second-order valence-corrected chi connectivity index (χ2v) is 5.33. The van der Waals surface area contributed by atoms with E-state index in [1.807, 2.05) is 6.92 Å². The fraction of sp³-hybridized carbons (Fsp3) is 0.154. The molecule has 0 bridgehead atoms. The van der Waals surface area contributed by atoms with Crippen LogP contribution in [0.5, 0.6) is 0 Å². The number of carboxylic acids is 1. The first kappa shape index (κ1) is 14.0. The molecular formula is C13H13N3O3S. The lowest BCUT2D eigenvalue weighted by Gasteiger charge is -2.06. The Morgan fingerprint density at radius 1 is 1.20 bits per heavy atom. The fourth-order valence-electron chi connectivity index (χ4n) is 1.67. The number of hydrogen-bond acceptors (Lipinski definition) is 4. The predicted octanol–water partition coefficient (Wildman–Crippen LogP) is 3.10. The highest BCUT2D eigenvalue weighted by Gasteiger charge is 2.20. The molecule has 0 fully saturated rings. The van der Waals surface area contributed by atoms with Gasteiger partial charge in [-0.25, -0.2) is 9.59 Å². The molecule has 0 aromatic carbocycles. The maximum absolute atomic E-state index is 11.8. The SMILES string of the molecule is Cc1sc(NC(=O)Nc2ccncc2)c(C(=O)O)c1C. The Bertz CT molecular complexity index is 652. The van der Waals surface area contributed by atoms with Gasteiger partial charge in [0.25, 0.3) is 0 Å². The Morgan fingerprint density at radius 2 is 1.85 bits per heavy atom. The number of carbonyl (C=O) groups excluding carboxylic acids is 1. The molecule has 2 aromatic rings. The average Bonchev–Trinajstić information content (AvgIpc) is 2.65. The maximum atomic E-state index is 11.8. The number of nitrogens with one attached hydrogen (secondary N) is 2. The second-order valence-electron chi connectivity index (χ2n) is 4.11. The summed E-state index contributed by atoms with van der Waals surface area (Å²) in [7, 11) is 0. The monoisotopic (exact) mass is 291 g/mol. The number of urea groups is 1. The minimum absolute atomic E-state index is 0.136. The first-order valence-corrected chi connectivity index (χ1v) is 6.62. The number of aryl methyl sites for hydroxylation is 1. The number of anilines is 2. The average molecular weight is 291 g/mol. The molecule has 3 N–H and O–H groups in total. The molecule has 6 nitrogen and oxygen atoms in total. The molecule has 0 spiro atoms. The number of thiophene rings is 1. The summed E-state index contributed by atoms with van der Waals surface area (Å²) in [6.07, 6.45) is 3.11. The van der Waals surface area contributed by atoms with Crippen molar-refractivity contribution in [3.05, 3.63) is 40.5 Å². The molecule has 0 aliphatic carbocycles. The van der Waals surface area contributed by atoms with Crippen molar-refractivity contribution in [2.24, 2.45) is 0 Å². The molecule has 0 atom stereocenters. The number of hydrogen-bond donors (Lipinski definition) is 3. The van der Waals surface area contributed by atoms with E-state index in [4.69, 9.17) is 0 Å². The molecule has 0 aliphatic rings. The first-order chi connectivity index (χ1) is 9.49. The van der Waals surface area contributed by atoms with E-state index in [9.17, 15) is 14.7 Å². The minimum atomic E-state index is -1.05. The summed E-state index contributed by atoms with van der Waals surface area (Å²) in [4.78, 5) is 27.8. The van der Waals surface area contributed by atoms with Crippen molar-refractivity contribution >= 4 is 34.0 Å². The van der Waals surface area contributed by atoms with Crippen LogP contribution in [-0.2, 0) is 0 Å². The van der Waals surface area contributed by atoms with Gasteiger partial charge in [0.2, 0.25) is 0 Å². The van der Waals surface area contributed by atoms with Gasteiger partial charge in [0.1, 0.15) is 5.00 Å². The number of rotatable bonds is 3. The Balaban J connectivity index is 2.16. The highest BCUT2D eigenvalue weighted by Crippen LogP contribution is 2.32. The first-order valence-electron chi connectivity index (χ1n) is 5.80. The van der Waals surface area contributed by atoms with Crippen molar-refractivity contribution < 1.29 is 14.7 Å². The maximum Gasteiger partial charge on any atom is 0.338 e. The predicted molar refractivity (Wildman–Crippen MR) is 77.6 cm³/mol. The number of amides is 2. The van der Waals surface area contributed by atoms with Gasteiger partial charge in [-0.2, -0.15) is 0 Å². The van der Waals surface area contributed by atoms with Gasteiger partial charge in [-0.1, -0.05) is 0 Å². The molecule has 0 radical (unpaired) electrons. The smallest absolute Gasteiger partial charge is 0.338 e. The summed E-state index contributed by atoms with van der Waals surface area (Å²) >= 11 is 1.24. The van der Waals surface area contributed by atoms with Gasteiger partial charge in [-0.15, -0.1) is 11.3 Å². The van der Waals surface area contributed by atoms with E-state index < -0.39 is 12.0 Å². The van der Waals surface area contributed by atoms with Crippen molar-refractivity contribution in [2.45, 2.75) is 13.8 Å². The van der Waals surface area contributed by atoms with Crippen LogP contribution in [0, 0.1) is 13.8 Å². The Kier molecular flexibility index (Phi) is 3.99. The standard InChI is InChI=1S/C13H13N3O3S/c1-7-8(2)20-11(10(7)12(17)18)16-13(19)15-9-3-5-14-6-4-9/h3-6H,1-2H3,(H,17,18)(H2,14,15,16,19). The fourth-order valence-corrected chi connectivity index (χ4v) is 2.72. The van der Waals surface area contributed by atoms with Crippen molar-refractivity contribution in [3.63, 3.8) is 0 Å². The summed E-state index contributed by atoms with van der Waals surface area (Å²) in [6, 6.07) is 2.80. The van der Waals surface area contributed by atoms with Gasteiger partial charge in [0, 0.05) is 23.0 Å². The highest BCUT2D eigenvalue weighted by atomic mass is 32.1. The molecule has 0 saturated carbocycles. The second kappa shape index (κ2) is 5.70. The molecule has 7 heteroatoms. The van der Waals surface area contributed by atoms with Crippen LogP contribution in [0.25, 0.3) is 0 Å². The Hall–Kier alpha value is -2.41. The Morgan fingerprint density at radius 3 is 2.45 bits per heavy atom. The third-order valence-corrected chi connectivity index (χ3v) is 3.89. The third kappa shape index (κ3) is 2.94. The number of nitrogens with zero attached hydrogens (tertiary/aromatic N) is 1. The van der Waals surface area contributed by atoms with Gasteiger partial charge < -0.3 is 10.4 Å². The van der Waals surface area contributed by atoms with Crippen LogP contribution in [0.4, 0.5) is 15.5 Å².